The van der Waals surface area contributed by atoms with Gasteiger partial charge in [-0.05, 0) is 26.0 Å². The number of carbonyl (C=O) groups excluding carboxylic acids is 1. The minimum atomic E-state index is -0.618. The number of nitrogens with one attached hydrogen (secondary N) is 1. The Bertz CT molecular complexity index is 189. The molecule has 0 fully saturated rings. The summed E-state index contributed by atoms with van der Waals surface area (Å²) in [5.41, 5.74) is 0. The second-order valence-electron chi connectivity index (χ2n) is 2.42. The van der Waals surface area contributed by atoms with Crippen molar-refractivity contribution < 1.29 is 14.3 Å². The first-order valence-corrected chi connectivity index (χ1v) is 4.07. The van der Waals surface area contributed by atoms with Crippen LogP contribution in [0.5, 0.6) is 0 Å². The monoisotopic (exact) mass is 171 g/mol. The Balaban J connectivity index is 2.29. The lowest BCUT2D eigenvalue weighted by molar-refractivity contribution is 0.0793. The predicted octanol–water partition coefficient (Wildman–Crippen LogP) is 1.04. The predicted molar refractivity (Wildman–Crippen MR) is 43.7 cm³/mol. The molecule has 0 bridgehead atoms. The second kappa shape index (κ2) is 4.77. The number of ether oxygens (including phenoxy) is 2. The molecule has 1 rings (SSSR count). The SMILES string of the molecule is CCOC(=O)OC1=CCCNC1. The highest BCUT2D eigenvalue weighted by atomic mass is 16.7. The van der Waals surface area contributed by atoms with Gasteiger partial charge in [0.2, 0.25) is 0 Å². The molecule has 0 spiro atoms. The van der Waals surface area contributed by atoms with Gasteiger partial charge in [-0.25, -0.2) is 4.79 Å². The minimum Gasteiger partial charge on any atom is -0.434 e. The molecule has 1 heterocycles. The van der Waals surface area contributed by atoms with Crippen molar-refractivity contribution in [3.63, 3.8) is 0 Å². The Morgan fingerprint density at radius 3 is 3.17 bits per heavy atom. The number of hydrogen-bond acceptors (Lipinski definition) is 4. The Morgan fingerprint density at radius 1 is 1.75 bits per heavy atom. The molecule has 0 atom stereocenters. The third-order valence-electron chi connectivity index (χ3n) is 1.47. The van der Waals surface area contributed by atoms with E-state index in [2.05, 4.69) is 10.1 Å². The summed E-state index contributed by atoms with van der Waals surface area (Å²) >= 11 is 0. The van der Waals surface area contributed by atoms with Crippen LogP contribution < -0.4 is 5.32 Å². The minimum absolute atomic E-state index is 0.347. The van der Waals surface area contributed by atoms with Gasteiger partial charge in [-0.1, -0.05) is 0 Å². The van der Waals surface area contributed by atoms with Gasteiger partial charge < -0.3 is 14.8 Å². The molecule has 0 aromatic carbocycles. The molecule has 12 heavy (non-hydrogen) atoms. The first kappa shape index (κ1) is 9.06. The largest absolute Gasteiger partial charge is 0.513 e. The van der Waals surface area contributed by atoms with Crippen molar-refractivity contribution in [2.75, 3.05) is 19.7 Å². The zero-order chi connectivity index (χ0) is 8.81. The number of carbonyl (C=O) groups is 1. The molecule has 1 N–H and O–H groups in total. The highest BCUT2D eigenvalue weighted by Gasteiger charge is 2.09. The van der Waals surface area contributed by atoms with Crippen LogP contribution in [0.1, 0.15) is 13.3 Å². The maximum Gasteiger partial charge on any atom is 0.513 e. The van der Waals surface area contributed by atoms with Gasteiger partial charge >= 0.3 is 6.16 Å². The molecule has 4 nitrogen and oxygen atoms in total. The fraction of sp³-hybridized carbons (Fsp3) is 0.625. The molecule has 0 amide bonds. The van der Waals surface area contributed by atoms with Crippen molar-refractivity contribution in [2.45, 2.75) is 13.3 Å². The van der Waals surface area contributed by atoms with Gasteiger partial charge in [0, 0.05) is 0 Å². The van der Waals surface area contributed by atoms with Crippen LogP contribution in [-0.2, 0) is 9.47 Å². The van der Waals surface area contributed by atoms with Crippen molar-refractivity contribution in [3.8, 4) is 0 Å². The molecular formula is C8H13NO3. The van der Waals surface area contributed by atoms with Crippen LogP contribution >= 0.6 is 0 Å². The lowest BCUT2D eigenvalue weighted by Gasteiger charge is -2.13. The molecule has 68 valence electrons. The molecule has 4 heteroatoms. The Hall–Kier alpha value is -1.03. The highest BCUT2D eigenvalue weighted by Crippen LogP contribution is 2.03. The van der Waals surface area contributed by atoms with Gasteiger partial charge in [0.25, 0.3) is 0 Å². The summed E-state index contributed by atoms with van der Waals surface area (Å²) in [4.78, 5) is 10.8. The molecule has 0 aromatic rings. The van der Waals surface area contributed by atoms with Gasteiger partial charge in [0.15, 0.2) is 0 Å². The van der Waals surface area contributed by atoms with Gasteiger partial charge in [0.05, 0.1) is 13.2 Å². The molecule has 0 aliphatic carbocycles. The molecule has 0 saturated carbocycles. The Kier molecular flexibility index (Phi) is 3.60. The van der Waals surface area contributed by atoms with Crippen LogP contribution in [0.4, 0.5) is 4.79 Å². The first-order chi connectivity index (χ1) is 5.83. The average Bonchev–Trinajstić information content (AvgIpc) is 2.06. The third kappa shape index (κ3) is 2.92. The molecular weight excluding hydrogens is 158 g/mol. The van der Waals surface area contributed by atoms with Crippen molar-refractivity contribution in [1.29, 1.82) is 0 Å². The number of hydrogen-bond donors (Lipinski definition) is 1. The summed E-state index contributed by atoms with van der Waals surface area (Å²) in [6.45, 7) is 3.64. The standard InChI is InChI=1S/C8H13NO3/c1-2-11-8(10)12-7-4-3-5-9-6-7/h4,9H,2-3,5-6H2,1H3. The van der Waals surface area contributed by atoms with Crippen molar-refractivity contribution >= 4 is 6.16 Å². The fourth-order valence-corrected chi connectivity index (χ4v) is 0.951. The van der Waals surface area contributed by atoms with Crippen LogP contribution in [0, 0.1) is 0 Å². The molecule has 1 aliphatic rings. The van der Waals surface area contributed by atoms with Crippen LogP contribution in [0.2, 0.25) is 0 Å². The van der Waals surface area contributed by atoms with E-state index in [0.717, 1.165) is 13.0 Å². The van der Waals surface area contributed by atoms with Gasteiger partial charge in [-0.2, -0.15) is 0 Å². The zero-order valence-electron chi connectivity index (χ0n) is 7.13. The van der Waals surface area contributed by atoms with Gasteiger partial charge in [-0.3, -0.25) is 0 Å². The van der Waals surface area contributed by atoms with Crippen LogP contribution in [0.15, 0.2) is 11.8 Å². The fourth-order valence-electron chi connectivity index (χ4n) is 0.951. The van der Waals surface area contributed by atoms with E-state index in [4.69, 9.17) is 4.74 Å². The molecule has 0 saturated heterocycles. The topological polar surface area (TPSA) is 47.6 Å². The quantitative estimate of drug-likeness (QED) is 0.630. The molecule has 0 unspecified atom stereocenters. The van der Waals surface area contributed by atoms with Gasteiger partial charge in [-0.15, -0.1) is 0 Å². The van der Waals surface area contributed by atoms with E-state index in [1.54, 1.807) is 6.92 Å². The summed E-state index contributed by atoms with van der Waals surface area (Å²) in [6.07, 6.45) is 2.18. The number of rotatable bonds is 2. The van der Waals surface area contributed by atoms with E-state index in [9.17, 15) is 4.79 Å². The summed E-state index contributed by atoms with van der Waals surface area (Å²) in [6, 6.07) is 0. The molecule has 1 aliphatic heterocycles. The van der Waals surface area contributed by atoms with Crippen molar-refractivity contribution in [1.82, 2.24) is 5.32 Å². The van der Waals surface area contributed by atoms with Crippen LogP contribution in [-0.4, -0.2) is 25.9 Å². The van der Waals surface area contributed by atoms with Gasteiger partial charge in [0.1, 0.15) is 5.76 Å². The molecule has 0 aromatic heterocycles. The summed E-state index contributed by atoms with van der Waals surface area (Å²) in [5.74, 6) is 0.653. The Morgan fingerprint density at radius 2 is 2.58 bits per heavy atom. The average molecular weight is 171 g/mol. The van der Waals surface area contributed by atoms with E-state index < -0.39 is 6.16 Å². The van der Waals surface area contributed by atoms with E-state index in [0.29, 0.717) is 18.9 Å². The first-order valence-electron chi connectivity index (χ1n) is 4.07. The lowest BCUT2D eigenvalue weighted by atomic mass is 10.3. The maximum absolute atomic E-state index is 10.8. The van der Waals surface area contributed by atoms with Crippen LogP contribution in [0.25, 0.3) is 0 Å². The molecule has 0 radical (unpaired) electrons. The summed E-state index contributed by atoms with van der Waals surface area (Å²) in [5, 5.41) is 3.08. The second-order valence-corrected chi connectivity index (χ2v) is 2.42. The van der Waals surface area contributed by atoms with E-state index >= 15 is 0 Å². The lowest BCUT2D eigenvalue weighted by Crippen LogP contribution is -2.24. The highest BCUT2D eigenvalue weighted by molar-refractivity contribution is 5.61. The zero-order valence-corrected chi connectivity index (χ0v) is 7.13. The van der Waals surface area contributed by atoms with E-state index in [1.165, 1.54) is 0 Å². The van der Waals surface area contributed by atoms with E-state index in [-0.39, 0.29) is 0 Å². The van der Waals surface area contributed by atoms with Crippen LogP contribution in [0.3, 0.4) is 0 Å². The van der Waals surface area contributed by atoms with Crippen molar-refractivity contribution in [3.05, 3.63) is 11.8 Å². The Labute approximate surface area is 71.5 Å². The van der Waals surface area contributed by atoms with E-state index in [1.807, 2.05) is 6.08 Å². The summed E-state index contributed by atoms with van der Waals surface area (Å²) in [7, 11) is 0. The smallest absolute Gasteiger partial charge is 0.434 e. The van der Waals surface area contributed by atoms with Crippen molar-refractivity contribution in [2.24, 2.45) is 0 Å². The normalized spacial score (nSPS) is 16.6. The third-order valence-corrected chi connectivity index (χ3v) is 1.47. The maximum atomic E-state index is 10.8. The summed E-state index contributed by atoms with van der Waals surface area (Å²) < 4.78 is 9.48.